The van der Waals surface area contributed by atoms with E-state index < -0.39 is 5.79 Å². The summed E-state index contributed by atoms with van der Waals surface area (Å²) in [5.41, 5.74) is -0.247. The summed E-state index contributed by atoms with van der Waals surface area (Å²) in [7, 11) is 0. The Bertz CT molecular complexity index is 320. The third kappa shape index (κ3) is 1.20. The predicted octanol–water partition coefficient (Wildman–Crippen LogP) is 1.34. The maximum Gasteiger partial charge on any atom is 0.220 e. The first kappa shape index (κ1) is 10.5. The third-order valence-electron chi connectivity index (χ3n) is 4.41. The second-order valence-corrected chi connectivity index (χ2v) is 5.38. The van der Waals surface area contributed by atoms with Gasteiger partial charge >= 0.3 is 0 Å². The lowest BCUT2D eigenvalue weighted by Crippen LogP contribution is -2.58. The van der Waals surface area contributed by atoms with Crippen LogP contribution in [0.2, 0.25) is 0 Å². The van der Waals surface area contributed by atoms with Crippen molar-refractivity contribution >= 4 is 5.91 Å². The Morgan fingerprint density at radius 2 is 1.88 bits per heavy atom. The van der Waals surface area contributed by atoms with Crippen molar-refractivity contribution in [1.82, 2.24) is 5.32 Å². The molecule has 3 rings (SSSR count). The summed E-state index contributed by atoms with van der Waals surface area (Å²) in [4.78, 5) is 11.5. The van der Waals surface area contributed by atoms with E-state index in [4.69, 9.17) is 9.47 Å². The Kier molecular flexibility index (Phi) is 2.11. The zero-order valence-corrected chi connectivity index (χ0v) is 9.91. The molecule has 0 bridgehead atoms. The highest BCUT2D eigenvalue weighted by Crippen LogP contribution is 2.51. The van der Waals surface area contributed by atoms with Gasteiger partial charge in [0.1, 0.15) is 0 Å². The van der Waals surface area contributed by atoms with E-state index in [0.717, 1.165) is 25.7 Å². The highest BCUT2D eigenvalue weighted by atomic mass is 16.8. The molecule has 1 saturated carbocycles. The van der Waals surface area contributed by atoms with Gasteiger partial charge in [-0.05, 0) is 33.1 Å². The molecule has 3 atom stereocenters. The van der Waals surface area contributed by atoms with Gasteiger partial charge in [-0.1, -0.05) is 0 Å². The summed E-state index contributed by atoms with van der Waals surface area (Å²) in [5.74, 6) is -0.404. The molecule has 3 fully saturated rings. The molecule has 0 aromatic heterocycles. The van der Waals surface area contributed by atoms with Crippen LogP contribution in [0.15, 0.2) is 0 Å². The van der Waals surface area contributed by atoms with Gasteiger partial charge < -0.3 is 14.8 Å². The molecule has 2 aliphatic heterocycles. The largest absolute Gasteiger partial charge is 0.345 e. The van der Waals surface area contributed by atoms with E-state index in [1.165, 1.54) is 0 Å². The summed E-state index contributed by atoms with van der Waals surface area (Å²) < 4.78 is 12.1. The maximum atomic E-state index is 11.5. The van der Waals surface area contributed by atoms with Crippen LogP contribution in [0.3, 0.4) is 0 Å². The first-order valence-electron chi connectivity index (χ1n) is 6.24. The Morgan fingerprint density at radius 3 is 2.44 bits per heavy atom. The number of rotatable bonds is 0. The number of hydrogen-bond acceptors (Lipinski definition) is 3. The topological polar surface area (TPSA) is 47.6 Å². The van der Waals surface area contributed by atoms with E-state index in [1.807, 2.05) is 13.8 Å². The van der Waals surface area contributed by atoms with Crippen LogP contribution >= 0.6 is 0 Å². The Labute approximate surface area is 95.7 Å². The number of ether oxygens (including phenoxy) is 2. The van der Waals surface area contributed by atoms with Gasteiger partial charge in [-0.2, -0.15) is 0 Å². The molecule has 2 spiro atoms. The minimum atomic E-state index is -0.544. The van der Waals surface area contributed by atoms with E-state index >= 15 is 0 Å². The van der Waals surface area contributed by atoms with Crippen LogP contribution in [-0.4, -0.2) is 29.4 Å². The number of amides is 1. The average Bonchev–Trinajstić information content (AvgIpc) is 2.82. The molecule has 0 radical (unpaired) electrons. The van der Waals surface area contributed by atoms with Gasteiger partial charge in [0, 0.05) is 12.8 Å². The minimum absolute atomic E-state index is 0.118. The lowest BCUT2D eigenvalue weighted by molar-refractivity contribution is -0.209. The number of nitrogens with one attached hydrogen (secondary N) is 1. The number of carbonyl (C=O) groups is 1. The van der Waals surface area contributed by atoms with Crippen molar-refractivity contribution in [3.8, 4) is 0 Å². The van der Waals surface area contributed by atoms with Crippen LogP contribution in [-0.2, 0) is 14.3 Å². The van der Waals surface area contributed by atoms with Gasteiger partial charge in [0.15, 0.2) is 5.79 Å². The van der Waals surface area contributed by atoms with E-state index in [9.17, 15) is 4.79 Å². The number of hydrogen-bond donors (Lipinski definition) is 1. The number of carbonyl (C=O) groups excluding carboxylic acids is 1. The Balaban J connectivity index is 1.92. The minimum Gasteiger partial charge on any atom is -0.345 e. The summed E-state index contributed by atoms with van der Waals surface area (Å²) in [5, 5.41) is 3.11. The van der Waals surface area contributed by atoms with Gasteiger partial charge in [0.05, 0.1) is 17.7 Å². The normalized spacial score (nSPS) is 45.8. The quantitative estimate of drug-likeness (QED) is 0.676. The predicted molar refractivity (Wildman–Crippen MR) is 57.8 cm³/mol. The highest BCUT2D eigenvalue weighted by molar-refractivity contribution is 5.79. The molecule has 90 valence electrons. The fourth-order valence-electron chi connectivity index (χ4n) is 3.41. The average molecular weight is 225 g/mol. The zero-order valence-electron chi connectivity index (χ0n) is 9.91. The molecule has 1 amide bonds. The fraction of sp³-hybridized carbons (Fsp3) is 0.917. The van der Waals surface area contributed by atoms with Crippen LogP contribution in [0.1, 0.15) is 46.0 Å². The molecular formula is C12H19NO3. The fourth-order valence-corrected chi connectivity index (χ4v) is 3.41. The first-order valence-corrected chi connectivity index (χ1v) is 6.24. The Morgan fingerprint density at radius 1 is 1.19 bits per heavy atom. The van der Waals surface area contributed by atoms with Gasteiger partial charge in [-0.3, -0.25) is 4.79 Å². The van der Waals surface area contributed by atoms with Crippen LogP contribution in [0.5, 0.6) is 0 Å². The SMILES string of the molecule is C[C@H]1OC2(CCC[C@]23CCC(=O)N3)O[C@@H]1C. The molecule has 0 aromatic carbocycles. The molecule has 4 nitrogen and oxygen atoms in total. The zero-order chi connectivity index (χ0) is 11.4. The van der Waals surface area contributed by atoms with Crippen LogP contribution in [0, 0.1) is 0 Å². The molecule has 2 saturated heterocycles. The summed E-state index contributed by atoms with van der Waals surface area (Å²) >= 11 is 0. The molecule has 0 unspecified atom stereocenters. The van der Waals surface area contributed by atoms with Crippen molar-refractivity contribution in [3.63, 3.8) is 0 Å². The molecule has 16 heavy (non-hydrogen) atoms. The smallest absolute Gasteiger partial charge is 0.220 e. The molecule has 0 aromatic rings. The number of fused-ring (bicyclic) bond motifs is 1. The first-order chi connectivity index (χ1) is 7.57. The molecule has 2 heterocycles. The standard InChI is InChI=1S/C12H19NO3/c1-8-9(2)16-12(15-8)6-3-5-11(12)7-4-10(14)13-11/h8-9H,3-7H2,1-2H3,(H,13,14)/t8-,9-,11+/m1/s1. The molecule has 3 aliphatic rings. The van der Waals surface area contributed by atoms with Crippen LogP contribution < -0.4 is 5.32 Å². The van der Waals surface area contributed by atoms with Crippen molar-refractivity contribution in [2.75, 3.05) is 0 Å². The summed E-state index contributed by atoms with van der Waals surface area (Å²) in [6.45, 7) is 4.09. The van der Waals surface area contributed by atoms with Crippen molar-refractivity contribution < 1.29 is 14.3 Å². The maximum absolute atomic E-state index is 11.5. The lowest BCUT2D eigenvalue weighted by Gasteiger charge is -2.39. The van der Waals surface area contributed by atoms with Crippen molar-refractivity contribution in [3.05, 3.63) is 0 Å². The van der Waals surface area contributed by atoms with Crippen molar-refractivity contribution in [1.29, 1.82) is 0 Å². The van der Waals surface area contributed by atoms with Gasteiger partial charge in [0.2, 0.25) is 5.91 Å². The van der Waals surface area contributed by atoms with Crippen molar-refractivity contribution in [2.24, 2.45) is 0 Å². The second-order valence-electron chi connectivity index (χ2n) is 5.38. The summed E-state index contributed by atoms with van der Waals surface area (Å²) in [6, 6.07) is 0. The lowest BCUT2D eigenvalue weighted by atomic mass is 9.90. The molecule has 1 N–H and O–H groups in total. The van der Waals surface area contributed by atoms with E-state index in [-0.39, 0.29) is 23.7 Å². The highest BCUT2D eigenvalue weighted by Gasteiger charge is 2.64. The Hall–Kier alpha value is -0.610. The van der Waals surface area contributed by atoms with Gasteiger partial charge in [-0.15, -0.1) is 0 Å². The van der Waals surface area contributed by atoms with Crippen LogP contribution in [0.25, 0.3) is 0 Å². The molecule has 1 aliphatic carbocycles. The third-order valence-corrected chi connectivity index (χ3v) is 4.41. The second kappa shape index (κ2) is 3.20. The van der Waals surface area contributed by atoms with E-state index in [1.54, 1.807) is 0 Å². The summed E-state index contributed by atoms with van der Waals surface area (Å²) in [6.07, 6.45) is 4.66. The van der Waals surface area contributed by atoms with Crippen molar-refractivity contribution in [2.45, 2.75) is 69.5 Å². The molecule has 4 heteroatoms. The van der Waals surface area contributed by atoms with E-state index in [2.05, 4.69) is 5.32 Å². The van der Waals surface area contributed by atoms with Gasteiger partial charge in [0.25, 0.3) is 0 Å². The van der Waals surface area contributed by atoms with Crippen LogP contribution in [0.4, 0.5) is 0 Å². The monoisotopic (exact) mass is 225 g/mol. The van der Waals surface area contributed by atoms with Gasteiger partial charge in [-0.25, -0.2) is 0 Å². The molecular weight excluding hydrogens is 206 g/mol. The van der Waals surface area contributed by atoms with E-state index in [0.29, 0.717) is 6.42 Å².